The Labute approximate surface area is 100.0 Å². The van der Waals surface area contributed by atoms with Crippen molar-refractivity contribution in [1.82, 2.24) is 5.32 Å². The zero-order chi connectivity index (χ0) is 12.5. The van der Waals surface area contributed by atoms with Gasteiger partial charge in [0, 0.05) is 6.92 Å². The van der Waals surface area contributed by atoms with Gasteiger partial charge in [0.05, 0.1) is 18.5 Å². The number of amides is 1. The number of fused-ring (bicyclic) bond motifs is 1. The van der Waals surface area contributed by atoms with E-state index in [1.165, 1.54) is 6.92 Å². The molecule has 1 heterocycles. The zero-order valence-corrected chi connectivity index (χ0v) is 9.95. The van der Waals surface area contributed by atoms with Crippen LogP contribution in [0, 0.1) is 0 Å². The number of hydrogen-bond acceptors (Lipinski definition) is 3. The Balaban J connectivity index is 2.21. The molecule has 0 fully saturated rings. The predicted molar refractivity (Wildman–Crippen MR) is 63.1 cm³/mol. The predicted octanol–water partition coefficient (Wildman–Crippen LogP) is 1.55. The lowest BCUT2D eigenvalue weighted by Gasteiger charge is -2.34. The van der Waals surface area contributed by atoms with E-state index in [1.807, 2.05) is 19.1 Å². The molecule has 2 rings (SSSR count). The van der Waals surface area contributed by atoms with Crippen LogP contribution in [0.2, 0.25) is 0 Å². The minimum Gasteiger partial charge on any atom is -0.484 e. The Bertz CT molecular complexity index is 469. The summed E-state index contributed by atoms with van der Waals surface area (Å²) in [7, 11) is 0. The van der Waals surface area contributed by atoms with Crippen LogP contribution in [0.4, 0.5) is 0 Å². The Morgan fingerprint density at radius 3 is 2.88 bits per heavy atom. The molecule has 1 amide bonds. The molecular formula is C13H15NO3. The van der Waals surface area contributed by atoms with Gasteiger partial charge in [-0.15, -0.1) is 0 Å². The molecule has 0 bridgehead atoms. The SMILES string of the molecule is CC(=O)NCC1(C)CC(=O)c2ccccc2O1. The average molecular weight is 233 g/mol. The van der Waals surface area contributed by atoms with E-state index in [9.17, 15) is 9.59 Å². The van der Waals surface area contributed by atoms with Gasteiger partial charge in [0.25, 0.3) is 0 Å². The van der Waals surface area contributed by atoms with E-state index in [1.54, 1.807) is 12.1 Å². The summed E-state index contributed by atoms with van der Waals surface area (Å²) in [6.07, 6.45) is 0.282. The van der Waals surface area contributed by atoms with E-state index in [0.29, 0.717) is 17.9 Å². The fraction of sp³-hybridized carbons (Fsp3) is 0.385. The number of para-hydroxylation sites is 1. The first-order valence-electron chi connectivity index (χ1n) is 5.56. The standard InChI is InChI=1S/C13H15NO3/c1-9(15)14-8-13(2)7-11(16)10-5-3-4-6-12(10)17-13/h3-6H,7-8H2,1-2H3,(H,14,15). The quantitative estimate of drug-likeness (QED) is 0.843. The third-order valence-electron chi connectivity index (χ3n) is 2.79. The number of ketones is 1. The van der Waals surface area contributed by atoms with Gasteiger partial charge in [-0.25, -0.2) is 0 Å². The number of nitrogens with one attached hydrogen (secondary N) is 1. The van der Waals surface area contributed by atoms with Gasteiger partial charge in [0.1, 0.15) is 11.4 Å². The molecule has 1 aliphatic rings. The van der Waals surface area contributed by atoms with Gasteiger partial charge < -0.3 is 10.1 Å². The summed E-state index contributed by atoms with van der Waals surface area (Å²) in [5.41, 5.74) is -0.0373. The van der Waals surface area contributed by atoms with Crippen LogP contribution < -0.4 is 10.1 Å². The maximum Gasteiger partial charge on any atom is 0.217 e. The molecule has 17 heavy (non-hydrogen) atoms. The van der Waals surface area contributed by atoms with Crippen LogP contribution in [0.5, 0.6) is 5.75 Å². The number of carbonyl (C=O) groups excluding carboxylic acids is 2. The lowest BCUT2D eigenvalue weighted by molar-refractivity contribution is -0.119. The van der Waals surface area contributed by atoms with Crippen LogP contribution in [0.3, 0.4) is 0 Å². The first kappa shape index (κ1) is 11.6. The van der Waals surface area contributed by atoms with Crippen molar-refractivity contribution in [3.05, 3.63) is 29.8 Å². The monoisotopic (exact) mass is 233 g/mol. The van der Waals surface area contributed by atoms with Crippen LogP contribution >= 0.6 is 0 Å². The highest BCUT2D eigenvalue weighted by atomic mass is 16.5. The van der Waals surface area contributed by atoms with Gasteiger partial charge in [-0.2, -0.15) is 0 Å². The van der Waals surface area contributed by atoms with E-state index in [2.05, 4.69) is 5.32 Å². The van der Waals surface area contributed by atoms with E-state index in [-0.39, 0.29) is 18.1 Å². The molecule has 1 atom stereocenters. The van der Waals surface area contributed by atoms with Crippen LogP contribution in [-0.4, -0.2) is 23.8 Å². The van der Waals surface area contributed by atoms with Crippen molar-refractivity contribution in [2.75, 3.05) is 6.54 Å². The van der Waals surface area contributed by atoms with Crippen molar-refractivity contribution in [3.8, 4) is 5.75 Å². The van der Waals surface area contributed by atoms with Crippen molar-refractivity contribution in [1.29, 1.82) is 0 Å². The third-order valence-corrected chi connectivity index (χ3v) is 2.79. The minimum absolute atomic E-state index is 0.0553. The van der Waals surface area contributed by atoms with Gasteiger partial charge in [0.15, 0.2) is 5.78 Å². The number of benzene rings is 1. The molecule has 4 nitrogen and oxygen atoms in total. The molecular weight excluding hydrogens is 218 g/mol. The number of carbonyl (C=O) groups is 2. The lowest BCUT2D eigenvalue weighted by Crippen LogP contribution is -2.48. The van der Waals surface area contributed by atoms with Crippen molar-refractivity contribution in [3.63, 3.8) is 0 Å². The molecule has 1 N–H and O–H groups in total. The number of hydrogen-bond donors (Lipinski definition) is 1. The van der Waals surface area contributed by atoms with E-state index < -0.39 is 5.60 Å². The van der Waals surface area contributed by atoms with E-state index in [0.717, 1.165) is 0 Å². The Morgan fingerprint density at radius 2 is 2.18 bits per heavy atom. The van der Waals surface area contributed by atoms with Gasteiger partial charge in [-0.3, -0.25) is 9.59 Å². The van der Waals surface area contributed by atoms with Gasteiger partial charge >= 0.3 is 0 Å². The molecule has 1 aromatic rings. The van der Waals surface area contributed by atoms with E-state index in [4.69, 9.17) is 4.74 Å². The topological polar surface area (TPSA) is 55.4 Å². The van der Waals surface area contributed by atoms with Gasteiger partial charge in [0.2, 0.25) is 5.91 Å². The highest BCUT2D eigenvalue weighted by molar-refractivity contribution is 6.00. The number of rotatable bonds is 2. The van der Waals surface area contributed by atoms with Crippen LogP contribution in [-0.2, 0) is 4.79 Å². The summed E-state index contributed by atoms with van der Waals surface area (Å²) in [5.74, 6) is 0.525. The van der Waals surface area contributed by atoms with E-state index >= 15 is 0 Å². The number of Topliss-reactive ketones (excluding diaryl/α,β-unsaturated/α-hetero) is 1. The minimum atomic E-state index is -0.656. The van der Waals surface area contributed by atoms with Crippen LogP contribution in [0.25, 0.3) is 0 Å². The van der Waals surface area contributed by atoms with Crippen LogP contribution in [0.15, 0.2) is 24.3 Å². The summed E-state index contributed by atoms with van der Waals surface area (Å²) >= 11 is 0. The summed E-state index contributed by atoms with van der Waals surface area (Å²) in [5, 5.41) is 2.69. The lowest BCUT2D eigenvalue weighted by atomic mass is 9.91. The maximum atomic E-state index is 12.0. The first-order valence-corrected chi connectivity index (χ1v) is 5.56. The second-order valence-electron chi connectivity index (χ2n) is 4.56. The molecule has 0 aliphatic carbocycles. The first-order chi connectivity index (χ1) is 8.00. The molecule has 1 aromatic carbocycles. The Morgan fingerprint density at radius 1 is 1.47 bits per heavy atom. The van der Waals surface area contributed by atoms with Crippen LogP contribution in [0.1, 0.15) is 30.6 Å². The largest absolute Gasteiger partial charge is 0.484 e. The fourth-order valence-electron chi connectivity index (χ4n) is 1.93. The van der Waals surface area contributed by atoms with Crippen molar-refractivity contribution >= 4 is 11.7 Å². The molecule has 0 spiro atoms. The molecule has 90 valence electrons. The molecule has 4 heteroatoms. The molecule has 1 aliphatic heterocycles. The highest BCUT2D eigenvalue weighted by Gasteiger charge is 2.36. The zero-order valence-electron chi connectivity index (χ0n) is 9.95. The molecule has 0 saturated heterocycles. The Kier molecular flexibility index (Phi) is 2.88. The normalized spacial score (nSPS) is 22.6. The summed E-state index contributed by atoms with van der Waals surface area (Å²) in [6.45, 7) is 3.61. The Hall–Kier alpha value is -1.84. The van der Waals surface area contributed by atoms with Crippen molar-refractivity contribution in [2.24, 2.45) is 0 Å². The molecule has 0 radical (unpaired) electrons. The molecule has 0 aromatic heterocycles. The summed E-state index contributed by atoms with van der Waals surface area (Å²) in [6, 6.07) is 7.18. The summed E-state index contributed by atoms with van der Waals surface area (Å²) < 4.78 is 5.80. The third kappa shape index (κ3) is 2.46. The number of ether oxygens (including phenoxy) is 1. The maximum absolute atomic E-state index is 12.0. The summed E-state index contributed by atoms with van der Waals surface area (Å²) in [4.78, 5) is 22.9. The smallest absolute Gasteiger partial charge is 0.217 e. The fourth-order valence-corrected chi connectivity index (χ4v) is 1.93. The van der Waals surface area contributed by atoms with Gasteiger partial charge in [-0.05, 0) is 19.1 Å². The second-order valence-corrected chi connectivity index (χ2v) is 4.56. The van der Waals surface area contributed by atoms with Crippen molar-refractivity contribution < 1.29 is 14.3 Å². The molecule has 0 saturated carbocycles. The average Bonchev–Trinajstić information content (AvgIpc) is 2.26. The molecule has 1 unspecified atom stereocenters. The highest BCUT2D eigenvalue weighted by Crippen LogP contribution is 2.32. The second kappa shape index (κ2) is 4.20. The van der Waals surface area contributed by atoms with Crippen molar-refractivity contribution in [2.45, 2.75) is 25.9 Å². The van der Waals surface area contributed by atoms with Gasteiger partial charge in [-0.1, -0.05) is 12.1 Å².